The van der Waals surface area contributed by atoms with E-state index in [0.717, 1.165) is 12.8 Å². The van der Waals surface area contributed by atoms with Crippen LogP contribution in [0.2, 0.25) is 0 Å². The average Bonchev–Trinajstić information content (AvgIpc) is 2.82. The summed E-state index contributed by atoms with van der Waals surface area (Å²) in [5.74, 6) is -0.779. The molecule has 0 spiro atoms. The molecule has 1 aliphatic heterocycles. The molecule has 0 aromatic rings. The molecule has 21 heavy (non-hydrogen) atoms. The Hall–Kier alpha value is -1.31. The van der Waals surface area contributed by atoms with Gasteiger partial charge in [0.25, 0.3) is 0 Å². The number of sulfone groups is 1. The third kappa shape index (κ3) is 3.87. The Labute approximate surface area is 124 Å². The molecule has 1 saturated heterocycles. The topological polar surface area (TPSA) is 104 Å². The molecule has 120 valence electrons. The molecular weight excluding hydrogens is 296 g/mol. The van der Waals surface area contributed by atoms with E-state index in [-0.39, 0.29) is 30.6 Å². The van der Waals surface area contributed by atoms with Crippen molar-refractivity contribution >= 4 is 21.8 Å². The average molecular weight is 318 g/mol. The Morgan fingerprint density at radius 3 is 2.38 bits per heavy atom. The number of nitrogens with one attached hydrogen (secondary N) is 1. The molecule has 0 bridgehead atoms. The van der Waals surface area contributed by atoms with Crippen LogP contribution < -0.4 is 5.32 Å². The SMILES string of the molecule is O=C(NCC1(C(=O)O)CCCC1)N1CCCS(=O)(=O)CC1. The van der Waals surface area contributed by atoms with Crippen LogP contribution in [0.1, 0.15) is 32.1 Å². The van der Waals surface area contributed by atoms with Gasteiger partial charge in [-0.3, -0.25) is 4.79 Å². The number of carboxylic acids is 1. The zero-order valence-corrected chi connectivity index (χ0v) is 12.8. The highest BCUT2D eigenvalue weighted by molar-refractivity contribution is 7.91. The molecule has 0 aromatic carbocycles. The maximum Gasteiger partial charge on any atom is 0.317 e. The number of carboxylic acid groups (broad SMARTS) is 1. The standard InChI is InChI=1S/C13H22N2O5S/c16-11(17)13(4-1-2-5-13)10-14-12(18)15-6-3-8-21(19,20)9-7-15/h1-10H2,(H,14,18)(H,16,17). The van der Waals surface area contributed by atoms with Crippen LogP contribution in [0.15, 0.2) is 0 Å². The highest BCUT2D eigenvalue weighted by Crippen LogP contribution is 2.37. The van der Waals surface area contributed by atoms with Crippen LogP contribution in [0.5, 0.6) is 0 Å². The zero-order valence-electron chi connectivity index (χ0n) is 12.0. The van der Waals surface area contributed by atoms with Crippen molar-refractivity contribution in [1.29, 1.82) is 0 Å². The fraction of sp³-hybridized carbons (Fsp3) is 0.846. The number of amides is 2. The summed E-state index contributed by atoms with van der Waals surface area (Å²) in [4.78, 5) is 25.0. The zero-order chi connectivity index (χ0) is 15.5. The Morgan fingerprint density at radius 1 is 1.10 bits per heavy atom. The summed E-state index contributed by atoms with van der Waals surface area (Å²) in [5.41, 5.74) is -0.854. The summed E-state index contributed by atoms with van der Waals surface area (Å²) in [6.07, 6.45) is 3.32. The molecule has 0 radical (unpaired) electrons. The maximum atomic E-state index is 12.1. The lowest BCUT2D eigenvalue weighted by molar-refractivity contribution is -0.148. The van der Waals surface area contributed by atoms with Gasteiger partial charge in [0, 0.05) is 19.6 Å². The number of aliphatic carboxylic acids is 1. The van der Waals surface area contributed by atoms with E-state index in [1.54, 1.807) is 0 Å². The lowest BCUT2D eigenvalue weighted by Crippen LogP contribution is -2.47. The molecule has 0 unspecified atom stereocenters. The van der Waals surface area contributed by atoms with Gasteiger partial charge in [0.1, 0.15) is 0 Å². The van der Waals surface area contributed by atoms with Gasteiger partial charge in [-0.1, -0.05) is 12.8 Å². The Bertz CT molecular complexity index is 511. The predicted octanol–water partition coefficient (Wildman–Crippen LogP) is 0.461. The van der Waals surface area contributed by atoms with Crippen LogP contribution >= 0.6 is 0 Å². The number of carbonyl (C=O) groups excluding carboxylic acids is 1. The van der Waals surface area contributed by atoms with Crippen LogP contribution in [0.25, 0.3) is 0 Å². The van der Waals surface area contributed by atoms with Crippen LogP contribution in [-0.4, -0.2) is 61.6 Å². The number of hydrogen-bond acceptors (Lipinski definition) is 4. The van der Waals surface area contributed by atoms with E-state index in [2.05, 4.69) is 5.32 Å². The molecule has 2 rings (SSSR count). The van der Waals surface area contributed by atoms with E-state index < -0.39 is 21.2 Å². The molecule has 1 saturated carbocycles. The molecule has 2 N–H and O–H groups in total. The molecule has 1 aliphatic carbocycles. The van der Waals surface area contributed by atoms with Gasteiger partial charge < -0.3 is 15.3 Å². The van der Waals surface area contributed by atoms with Gasteiger partial charge in [-0.05, 0) is 19.3 Å². The van der Waals surface area contributed by atoms with Crippen molar-refractivity contribution in [3.63, 3.8) is 0 Å². The number of rotatable bonds is 3. The smallest absolute Gasteiger partial charge is 0.317 e. The second-order valence-electron chi connectivity index (χ2n) is 5.94. The van der Waals surface area contributed by atoms with Gasteiger partial charge >= 0.3 is 12.0 Å². The van der Waals surface area contributed by atoms with Crippen molar-refractivity contribution in [1.82, 2.24) is 10.2 Å². The summed E-state index contributed by atoms with van der Waals surface area (Å²) in [6, 6.07) is -0.361. The predicted molar refractivity (Wildman–Crippen MR) is 76.8 cm³/mol. The van der Waals surface area contributed by atoms with Gasteiger partial charge in [0.05, 0.1) is 16.9 Å². The largest absolute Gasteiger partial charge is 0.481 e. The van der Waals surface area contributed by atoms with Crippen molar-refractivity contribution in [3.8, 4) is 0 Å². The van der Waals surface area contributed by atoms with Crippen molar-refractivity contribution in [2.75, 3.05) is 31.1 Å². The molecule has 1 heterocycles. The van der Waals surface area contributed by atoms with E-state index in [1.165, 1.54) is 4.90 Å². The third-order valence-corrected chi connectivity index (χ3v) is 6.15. The first-order valence-corrected chi connectivity index (χ1v) is 9.13. The number of urea groups is 1. The van der Waals surface area contributed by atoms with Crippen molar-refractivity contribution in [2.45, 2.75) is 32.1 Å². The first kappa shape index (κ1) is 16.1. The first-order chi connectivity index (χ1) is 9.85. The molecular formula is C13H22N2O5S. The van der Waals surface area contributed by atoms with Crippen molar-refractivity contribution < 1.29 is 23.1 Å². The normalized spacial score (nSPS) is 24.3. The molecule has 0 atom stereocenters. The lowest BCUT2D eigenvalue weighted by atomic mass is 9.86. The number of hydrogen-bond donors (Lipinski definition) is 2. The first-order valence-electron chi connectivity index (χ1n) is 7.31. The molecule has 0 aromatic heterocycles. The monoisotopic (exact) mass is 318 g/mol. The van der Waals surface area contributed by atoms with Gasteiger partial charge in [-0.25, -0.2) is 13.2 Å². The molecule has 7 nitrogen and oxygen atoms in total. The highest BCUT2D eigenvalue weighted by atomic mass is 32.2. The van der Waals surface area contributed by atoms with E-state index in [9.17, 15) is 23.1 Å². The molecule has 2 fully saturated rings. The van der Waals surface area contributed by atoms with Crippen molar-refractivity contribution in [3.05, 3.63) is 0 Å². The highest BCUT2D eigenvalue weighted by Gasteiger charge is 2.41. The number of carbonyl (C=O) groups is 2. The molecule has 2 amide bonds. The minimum Gasteiger partial charge on any atom is -0.481 e. The molecule has 2 aliphatic rings. The Morgan fingerprint density at radius 2 is 1.76 bits per heavy atom. The third-order valence-electron chi connectivity index (χ3n) is 4.44. The summed E-state index contributed by atoms with van der Waals surface area (Å²) >= 11 is 0. The van der Waals surface area contributed by atoms with E-state index in [1.807, 2.05) is 0 Å². The van der Waals surface area contributed by atoms with Gasteiger partial charge in [-0.2, -0.15) is 0 Å². The number of nitrogens with zero attached hydrogens (tertiary/aromatic N) is 1. The van der Waals surface area contributed by atoms with E-state index in [4.69, 9.17) is 0 Å². The fourth-order valence-electron chi connectivity index (χ4n) is 3.02. The second-order valence-corrected chi connectivity index (χ2v) is 8.25. The Balaban J connectivity index is 1.91. The van der Waals surface area contributed by atoms with Crippen LogP contribution in [0, 0.1) is 5.41 Å². The summed E-state index contributed by atoms with van der Waals surface area (Å²) in [6.45, 7) is 0.684. The quantitative estimate of drug-likeness (QED) is 0.787. The van der Waals surface area contributed by atoms with Gasteiger partial charge in [-0.15, -0.1) is 0 Å². The molecule has 8 heteroatoms. The Kier molecular flexibility index (Phi) is 4.75. The van der Waals surface area contributed by atoms with Crippen LogP contribution in [-0.2, 0) is 14.6 Å². The second kappa shape index (κ2) is 6.21. The minimum atomic E-state index is -3.06. The van der Waals surface area contributed by atoms with E-state index >= 15 is 0 Å². The fourth-order valence-corrected chi connectivity index (χ4v) is 4.29. The van der Waals surface area contributed by atoms with Crippen LogP contribution in [0.3, 0.4) is 0 Å². The summed E-state index contributed by atoms with van der Waals surface area (Å²) in [5, 5.41) is 12.0. The minimum absolute atomic E-state index is 0.0233. The van der Waals surface area contributed by atoms with Crippen LogP contribution in [0.4, 0.5) is 4.79 Å². The van der Waals surface area contributed by atoms with Gasteiger partial charge in [0.15, 0.2) is 9.84 Å². The lowest BCUT2D eigenvalue weighted by Gasteiger charge is -2.27. The van der Waals surface area contributed by atoms with Gasteiger partial charge in [0.2, 0.25) is 0 Å². The summed E-state index contributed by atoms with van der Waals surface area (Å²) in [7, 11) is -3.06. The van der Waals surface area contributed by atoms with E-state index in [0.29, 0.717) is 25.8 Å². The maximum absolute atomic E-state index is 12.1. The van der Waals surface area contributed by atoms with Crippen molar-refractivity contribution in [2.24, 2.45) is 5.41 Å². The summed E-state index contributed by atoms with van der Waals surface area (Å²) < 4.78 is 23.0.